The molecule has 0 N–H and O–H groups in total. The number of hydrogen-bond acceptors (Lipinski definition) is 1. The van der Waals surface area contributed by atoms with Crippen molar-refractivity contribution in [3.05, 3.63) is 58.8 Å². The van der Waals surface area contributed by atoms with Crippen LogP contribution in [0.2, 0.25) is 0 Å². The molecule has 0 unspecified atom stereocenters. The Labute approximate surface area is 121 Å². The van der Waals surface area contributed by atoms with Crippen molar-refractivity contribution in [3.63, 3.8) is 0 Å². The first-order valence-corrected chi connectivity index (χ1v) is 6.55. The third-order valence-electron chi connectivity index (χ3n) is 2.92. The van der Waals surface area contributed by atoms with Crippen LogP contribution in [-0.4, -0.2) is 9.38 Å². The molecule has 3 rings (SSSR count). The molecule has 2 nitrogen and oxygen atoms in total. The summed E-state index contributed by atoms with van der Waals surface area (Å²) in [6, 6.07) is 8.98. The first-order valence-electron chi connectivity index (χ1n) is 5.76. The van der Waals surface area contributed by atoms with Crippen molar-refractivity contribution in [3.8, 4) is 11.3 Å². The van der Waals surface area contributed by atoms with Crippen molar-refractivity contribution >= 4 is 21.6 Å². The van der Waals surface area contributed by atoms with Crippen molar-refractivity contribution in [2.75, 3.05) is 0 Å². The van der Waals surface area contributed by atoms with E-state index in [0.29, 0.717) is 11.3 Å². The molecule has 0 saturated heterocycles. The maximum absolute atomic E-state index is 13.0. The fraction of sp³-hybridized carbons (Fsp3) is 0.0714. The van der Waals surface area contributed by atoms with Gasteiger partial charge in [-0.15, -0.1) is 0 Å². The maximum Gasteiger partial charge on any atom is 0.417 e. The zero-order valence-corrected chi connectivity index (χ0v) is 11.6. The van der Waals surface area contributed by atoms with E-state index < -0.39 is 11.7 Å². The van der Waals surface area contributed by atoms with Gasteiger partial charge in [0.1, 0.15) is 5.65 Å². The van der Waals surface area contributed by atoms with Crippen LogP contribution in [0.5, 0.6) is 0 Å². The fourth-order valence-corrected chi connectivity index (χ4v) is 2.40. The van der Waals surface area contributed by atoms with Crippen LogP contribution in [0.4, 0.5) is 13.2 Å². The predicted molar refractivity (Wildman–Crippen MR) is 73.3 cm³/mol. The van der Waals surface area contributed by atoms with Crippen LogP contribution in [0.25, 0.3) is 16.9 Å². The lowest BCUT2D eigenvalue weighted by molar-refractivity contribution is -0.137. The number of rotatable bonds is 1. The third kappa shape index (κ3) is 2.31. The summed E-state index contributed by atoms with van der Waals surface area (Å²) in [5.41, 5.74) is 0.304. The molecule has 0 spiro atoms. The van der Waals surface area contributed by atoms with E-state index in [2.05, 4.69) is 20.9 Å². The lowest BCUT2D eigenvalue weighted by atomic mass is 10.1. The summed E-state index contributed by atoms with van der Waals surface area (Å²) >= 11 is 3.32. The molecule has 0 amide bonds. The summed E-state index contributed by atoms with van der Waals surface area (Å²) in [4.78, 5) is 4.24. The van der Waals surface area contributed by atoms with Crippen molar-refractivity contribution in [2.45, 2.75) is 6.18 Å². The topological polar surface area (TPSA) is 17.3 Å². The summed E-state index contributed by atoms with van der Waals surface area (Å²) in [6.45, 7) is 0. The summed E-state index contributed by atoms with van der Waals surface area (Å²) < 4.78 is 41.6. The number of aromatic nitrogens is 2. The fourth-order valence-electron chi connectivity index (χ4n) is 2.05. The molecular formula is C14H8BrF3N2. The average Bonchev–Trinajstić information content (AvgIpc) is 2.80. The molecule has 102 valence electrons. The van der Waals surface area contributed by atoms with E-state index >= 15 is 0 Å². The van der Waals surface area contributed by atoms with Gasteiger partial charge in [-0.25, -0.2) is 4.98 Å². The number of benzene rings is 1. The van der Waals surface area contributed by atoms with Crippen LogP contribution < -0.4 is 0 Å². The summed E-state index contributed by atoms with van der Waals surface area (Å²) in [5, 5.41) is 0. The SMILES string of the molecule is FC(F)(F)c1ccccc1-c1cn2cc(Br)ccc2n1. The van der Waals surface area contributed by atoms with E-state index in [9.17, 15) is 13.2 Å². The highest BCUT2D eigenvalue weighted by molar-refractivity contribution is 9.10. The van der Waals surface area contributed by atoms with E-state index in [1.165, 1.54) is 12.1 Å². The van der Waals surface area contributed by atoms with Crippen LogP contribution in [-0.2, 0) is 6.18 Å². The average molecular weight is 341 g/mol. The molecule has 0 atom stereocenters. The van der Waals surface area contributed by atoms with Gasteiger partial charge < -0.3 is 4.40 Å². The molecule has 0 radical (unpaired) electrons. The van der Waals surface area contributed by atoms with Gasteiger partial charge in [0.05, 0.1) is 11.3 Å². The van der Waals surface area contributed by atoms with E-state index in [-0.39, 0.29) is 5.56 Å². The Bertz CT molecular complexity index is 777. The Kier molecular flexibility index (Phi) is 3.05. The van der Waals surface area contributed by atoms with Crippen molar-refractivity contribution in [1.82, 2.24) is 9.38 Å². The Morgan fingerprint density at radius 1 is 1.00 bits per heavy atom. The minimum absolute atomic E-state index is 0.0832. The monoisotopic (exact) mass is 340 g/mol. The highest BCUT2D eigenvalue weighted by Crippen LogP contribution is 2.36. The van der Waals surface area contributed by atoms with Gasteiger partial charge in [0.2, 0.25) is 0 Å². The lowest BCUT2D eigenvalue weighted by Gasteiger charge is -2.10. The zero-order valence-electron chi connectivity index (χ0n) is 10.0. The molecule has 20 heavy (non-hydrogen) atoms. The minimum Gasteiger partial charge on any atom is -0.305 e. The van der Waals surface area contributed by atoms with Gasteiger partial charge in [-0.05, 0) is 34.1 Å². The second-order valence-corrected chi connectivity index (χ2v) is 5.20. The molecule has 3 aromatic rings. The highest BCUT2D eigenvalue weighted by atomic mass is 79.9. The van der Waals surface area contributed by atoms with Crippen LogP contribution >= 0.6 is 15.9 Å². The van der Waals surface area contributed by atoms with Crippen molar-refractivity contribution in [2.24, 2.45) is 0 Å². The van der Waals surface area contributed by atoms with Crippen LogP contribution in [0.1, 0.15) is 5.56 Å². The summed E-state index contributed by atoms with van der Waals surface area (Å²) in [6.07, 6.45) is -1.06. The largest absolute Gasteiger partial charge is 0.417 e. The Hall–Kier alpha value is -1.82. The van der Waals surface area contributed by atoms with Crippen LogP contribution in [0.15, 0.2) is 53.3 Å². The molecule has 0 bridgehead atoms. The number of alkyl halides is 3. The zero-order chi connectivity index (χ0) is 14.3. The Morgan fingerprint density at radius 3 is 2.50 bits per heavy atom. The molecule has 0 aliphatic carbocycles. The Balaban J connectivity index is 2.21. The van der Waals surface area contributed by atoms with E-state index in [1.54, 1.807) is 35.0 Å². The van der Waals surface area contributed by atoms with Gasteiger partial charge in [-0.1, -0.05) is 18.2 Å². The van der Waals surface area contributed by atoms with Gasteiger partial charge in [0, 0.05) is 22.4 Å². The normalized spacial score (nSPS) is 12.0. The lowest BCUT2D eigenvalue weighted by Crippen LogP contribution is -2.06. The number of halogens is 4. The van der Waals surface area contributed by atoms with Crippen molar-refractivity contribution < 1.29 is 13.2 Å². The van der Waals surface area contributed by atoms with E-state index in [0.717, 1.165) is 10.5 Å². The standard InChI is InChI=1S/C14H8BrF3N2/c15-9-5-6-13-19-12(8-20(13)7-9)10-3-1-2-4-11(10)14(16,17)18/h1-8H. The summed E-state index contributed by atoms with van der Waals surface area (Å²) in [7, 11) is 0. The van der Waals surface area contributed by atoms with Gasteiger partial charge in [0.25, 0.3) is 0 Å². The maximum atomic E-state index is 13.0. The number of pyridine rings is 1. The molecule has 0 saturated carbocycles. The van der Waals surface area contributed by atoms with Crippen LogP contribution in [0, 0.1) is 0 Å². The molecule has 1 aromatic carbocycles. The number of hydrogen-bond donors (Lipinski definition) is 0. The third-order valence-corrected chi connectivity index (χ3v) is 3.39. The minimum atomic E-state index is -4.40. The second-order valence-electron chi connectivity index (χ2n) is 4.28. The van der Waals surface area contributed by atoms with Crippen molar-refractivity contribution in [1.29, 1.82) is 0 Å². The molecule has 0 aliphatic rings. The molecule has 0 aliphatic heterocycles. The van der Waals surface area contributed by atoms with Crippen LogP contribution in [0.3, 0.4) is 0 Å². The summed E-state index contributed by atoms with van der Waals surface area (Å²) in [5.74, 6) is 0. The number of imidazole rings is 1. The predicted octanol–water partition coefficient (Wildman–Crippen LogP) is 4.78. The molecule has 0 fully saturated rings. The van der Waals surface area contributed by atoms with Gasteiger partial charge in [-0.3, -0.25) is 0 Å². The smallest absolute Gasteiger partial charge is 0.305 e. The van der Waals surface area contributed by atoms with Gasteiger partial charge in [-0.2, -0.15) is 13.2 Å². The molecular weight excluding hydrogens is 333 g/mol. The number of nitrogens with zero attached hydrogens (tertiary/aromatic N) is 2. The molecule has 6 heteroatoms. The number of fused-ring (bicyclic) bond motifs is 1. The molecule has 2 heterocycles. The first kappa shape index (κ1) is 13.2. The van der Waals surface area contributed by atoms with Gasteiger partial charge >= 0.3 is 6.18 Å². The van der Waals surface area contributed by atoms with E-state index in [4.69, 9.17) is 0 Å². The van der Waals surface area contributed by atoms with Gasteiger partial charge in [0.15, 0.2) is 0 Å². The highest BCUT2D eigenvalue weighted by Gasteiger charge is 2.33. The van der Waals surface area contributed by atoms with E-state index in [1.807, 2.05) is 0 Å². The quantitative estimate of drug-likeness (QED) is 0.623. The first-order chi connectivity index (χ1) is 9.45. The Morgan fingerprint density at radius 2 is 1.75 bits per heavy atom. The molecule has 2 aromatic heterocycles. The second kappa shape index (κ2) is 4.63.